The number of aromatic nitrogens is 1. The minimum Gasteiger partial charge on any atom is -0.444 e. The number of carbonyl (C=O) groups excluding carboxylic acids is 1. The molecule has 0 N–H and O–H groups in total. The van der Waals surface area contributed by atoms with Crippen LogP contribution in [0.25, 0.3) is 0 Å². The summed E-state index contributed by atoms with van der Waals surface area (Å²) in [6, 6.07) is 1.44. The van der Waals surface area contributed by atoms with Gasteiger partial charge in [-0.25, -0.2) is 13.2 Å². The zero-order valence-corrected chi connectivity index (χ0v) is 17.3. The van der Waals surface area contributed by atoms with E-state index in [0.717, 1.165) is 0 Å². The molecule has 1 aliphatic rings. The molecule has 0 aliphatic carbocycles. The predicted molar refractivity (Wildman–Crippen MR) is 98.8 cm³/mol. The van der Waals surface area contributed by atoms with Gasteiger partial charge in [-0.05, 0) is 26.8 Å². The van der Waals surface area contributed by atoms with E-state index in [0.29, 0.717) is 0 Å². The fraction of sp³-hybridized carbons (Fsp3) is 0.571. The number of rotatable bonds is 2. The molecule has 1 unspecified atom stereocenters. The smallest absolute Gasteiger partial charge is 0.411 e. The number of amides is 1. The Morgan fingerprint density at radius 1 is 1.42 bits per heavy atom. The van der Waals surface area contributed by atoms with Gasteiger partial charge >= 0.3 is 6.09 Å². The van der Waals surface area contributed by atoms with Gasteiger partial charge in [0, 0.05) is 32.0 Å². The fourth-order valence-corrected chi connectivity index (χ4v) is 5.25. The monoisotopic (exact) mass is 487 g/mol. The zero-order chi connectivity index (χ0) is 18.1. The van der Waals surface area contributed by atoms with Crippen LogP contribution in [0, 0.1) is 0 Å². The number of halogens is 2. The van der Waals surface area contributed by atoms with Crippen LogP contribution in [0.4, 0.5) is 4.79 Å². The summed E-state index contributed by atoms with van der Waals surface area (Å²) < 4.78 is 31.8. The minimum atomic E-state index is -3.75. The molecular formula is C14H19ClIN3O4S. The number of piperazine rings is 1. The molecule has 1 fully saturated rings. The number of ether oxygens (including phenoxy) is 1. The first-order chi connectivity index (χ1) is 11.0. The highest BCUT2D eigenvalue weighted by Gasteiger charge is 2.37. The van der Waals surface area contributed by atoms with Crippen LogP contribution in [0.1, 0.15) is 20.8 Å². The molecule has 1 aromatic rings. The first-order valence-corrected chi connectivity index (χ1v) is 10.3. The number of hydrogen-bond acceptors (Lipinski definition) is 5. The molecule has 0 bridgehead atoms. The normalized spacial score (nSPS) is 20.0. The van der Waals surface area contributed by atoms with E-state index >= 15 is 0 Å². The summed E-state index contributed by atoms with van der Waals surface area (Å²) in [6.07, 6.45) is 2.22. The lowest BCUT2D eigenvalue weighted by Gasteiger charge is -2.38. The summed E-state index contributed by atoms with van der Waals surface area (Å²) in [5, 5.41) is 0.129. The van der Waals surface area contributed by atoms with Gasteiger partial charge in [-0.2, -0.15) is 4.31 Å². The second-order valence-electron chi connectivity index (χ2n) is 6.28. The zero-order valence-electron chi connectivity index (χ0n) is 13.6. The predicted octanol–water partition coefficient (Wildman–Crippen LogP) is 2.74. The third-order valence-electron chi connectivity index (χ3n) is 3.26. The molecule has 0 saturated carbocycles. The number of carbonyl (C=O) groups is 1. The van der Waals surface area contributed by atoms with Gasteiger partial charge in [-0.15, -0.1) is 0 Å². The molecule has 134 valence electrons. The molecule has 0 radical (unpaired) electrons. The maximum atomic E-state index is 12.7. The summed E-state index contributed by atoms with van der Waals surface area (Å²) in [7, 11) is -3.75. The standard InChI is InChI=1S/C14H19ClIN3O4S/c1-14(2,3)23-13(20)19-7-6-18(9-12(19)16)24(21,22)11-8-17-5-4-10(11)15/h4-5,8,12H,6-7,9H2,1-3H3. The largest absolute Gasteiger partial charge is 0.444 e. The van der Waals surface area contributed by atoms with Gasteiger partial charge in [0.2, 0.25) is 10.0 Å². The van der Waals surface area contributed by atoms with Crippen molar-refractivity contribution in [1.29, 1.82) is 0 Å². The Morgan fingerprint density at radius 2 is 2.08 bits per heavy atom. The van der Waals surface area contributed by atoms with Gasteiger partial charge in [0.25, 0.3) is 0 Å². The van der Waals surface area contributed by atoms with E-state index in [1.807, 2.05) is 22.6 Å². The fourth-order valence-electron chi connectivity index (χ4n) is 2.15. The lowest BCUT2D eigenvalue weighted by molar-refractivity contribution is 0.0174. The molecule has 1 saturated heterocycles. The number of hydrogen-bond donors (Lipinski definition) is 0. The Morgan fingerprint density at radius 3 is 2.62 bits per heavy atom. The van der Waals surface area contributed by atoms with Gasteiger partial charge in [-0.3, -0.25) is 9.88 Å². The molecule has 10 heteroatoms. The van der Waals surface area contributed by atoms with Gasteiger partial charge in [0.05, 0.1) is 5.02 Å². The van der Waals surface area contributed by atoms with E-state index in [1.165, 1.54) is 27.7 Å². The summed E-state index contributed by atoms with van der Waals surface area (Å²) in [5.41, 5.74) is -0.597. The Kier molecular flexibility index (Phi) is 5.99. The Hall–Kier alpha value is -0.650. The average molecular weight is 488 g/mol. The molecule has 24 heavy (non-hydrogen) atoms. The third kappa shape index (κ3) is 4.50. The van der Waals surface area contributed by atoms with Gasteiger partial charge in [-0.1, -0.05) is 34.2 Å². The third-order valence-corrected chi connectivity index (χ3v) is 6.66. The van der Waals surface area contributed by atoms with Gasteiger partial charge in [0.1, 0.15) is 14.5 Å². The molecule has 1 aromatic heterocycles. The molecule has 2 rings (SSSR count). The topological polar surface area (TPSA) is 79.8 Å². The molecule has 0 spiro atoms. The number of sulfonamides is 1. The molecule has 1 atom stereocenters. The highest BCUT2D eigenvalue weighted by atomic mass is 127. The molecule has 1 amide bonds. The van der Waals surface area contributed by atoms with Crippen molar-refractivity contribution in [3.63, 3.8) is 0 Å². The van der Waals surface area contributed by atoms with Crippen LogP contribution in [0.2, 0.25) is 5.02 Å². The maximum absolute atomic E-state index is 12.7. The quantitative estimate of drug-likeness (QED) is 0.364. The van der Waals surface area contributed by atoms with Crippen molar-refractivity contribution >= 4 is 50.3 Å². The Bertz CT molecular complexity index is 723. The average Bonchev–Trinajstić information content (AvgIpc) is 2.45. The van der Waals surface area contributed by atoms with E-state index < -0.39 is 21.7 Å². The SMILES string of the molecule is CC(C)(C)OC(=O)N1CCN(S(=O)(=O)c2cnccc2Cl)CC1I. The van der Waals surface area contributed by atoms with Crippen LogP contribution in [-0.2, 0) is 14.8 Å². The first kappa shape index (κ1) is 19.7. The van der Waals surface area contributed by atoms with Crippen LogP contribution in [-0.4, -0.2) is 58.0 Å². The molecule has 1 aliphatic heterocycles. The second-order valence-corrected chi connectivity index (χ2v) is 10.0. The number of nitrogens with zero attached hydrogens (tertiary/aromatic N) is 3. The van der Waals surface area contributed by atoms with E-state index in [9.17, 15) is 13.2 Å². The lowest BCUT2D eigenvalue weighted by atomic mass is 10.2. The van der Waals surface area contributed by atoms with Crippen LogP contribution in [0.3, 0.4) is 0 Å². The van der Waals surface area contributed by atoms with Crippen molar-refractivity contribution in [2.45, 2.75) is 35.3 Å². The Balaban J connectivity index is 2.13. The van der Waals surface area contributed by atoms with Crippen molar-refractivity contribution in [1.82, 2.24) is 14.2 Å². The minimum absolute atomic E-state index is 0.0269. The summed E-state index contributed by atoms with van der Waals surface area (Å²) in [5.74, 6) is 0. The van der Waals surface area contributed by atoms with Crippen LogP contribution >= 0.6 is 34.2 Å². The Labute approximate surface area is 160 Å². The maximum Gasteiger partial charge on any atom is 0.411 e. The van der Waals surface area contributed by atoms with Crippen molar-refractivity contribution in [2.24, 2.45) is 0 Å². The van der Waals surface area contributed by atoms with E-state index in [4.69, 9.17) is 16.3 Å². The summed E-state index contributed by atoms with van der Waals surface area (Å²) in [6.45, 7) is 5.95. The van der Waals surface area contributed by atoms with Crippen LogP contribution in [0.5, 0.6) is 0 Å². The number of alkyl halides is 1. The van der Waals surface area contributed by atoms with Crippen molar-refractivity contribution in [3.8, 4) is 0 Å². The van der Waals surface area contributed by atoms with Crippen molar-refractivity contribution in [2.75, 3.05) is 19.6 Å². The summed E-state index contributed by atoms with van der Waals surface area (Å²) in [4.78, 5) is 17.5. The van der Waals surface area contributed by atoms with Gasteiger partial charge in [0.15, 0.2) is 0 Å². The van der Waals surface area contributed by atoms with Crippen LogP contribution in [0.15, 0.2) is 23.4 Å². The second kappa shape index (κ2) is 7.30. The molecule has 7 nitrogen and oxygen atoms in total. The van der Waals surface area contributed by atoms with E-state index in [2.05, 4.69) is 4.98 Å². The summed E-state index contributed by atoms with van der Waals surface area (Å²) >= 11 is 8.02. The highest BCUT2D eigenvalue weighted by Crippen LogP contribution is 2.27. The van der Waals surface area contributed by atoms with E-state index in [-0.39, 0.29) is 33.6 Å². The molecule has 2 heterocycles. The lowest BCUT2D eigenvalue weighted by Crippen LogP contribution is -2.55. The van der Waals surface area contributed by atoms with Crippen molar-refractivity contribution < 1.29 is 17.9 Å². The van der Waals surface area contributed by atoms with E-state index in [1.54, 1.807) is 20.8 Å². The van der Waals surface area contributed by atoms with Gasteiger partial charge < -0.3 is 4.74 Å². The first-order valence-electron chi connectivity index (χ1n) is 7.26. The number of pyridine rings is 1. The molecular weight excluding hydrogens is 469 g/mol. The van der Waals surface area contributed by atoms with Crippen molar-refractivity contribution in [3.05, 3.63) is 23.5 Å². The van der Waals surface area contributed by atoms with Crippen LogP contribution < -0.4 is 0 Å². The highest BCUT2D eigenvalue weighted by molar-refractivity contribution is 14.1. The molecule has 0 aromatic carbocycles.